The average molecular weight is 741 g/mol. The van der Waals surface area contributed by atoms with Crippen molar-refractivity contribution in [3.8, 4) is 0 Å². The van der Waals surface area contributed by atoms with Crippen LogP contribution in [0.4, 0.5) is 9.59 Å². The zero-order valence-electron chi connectivity index (χ0n) is 31.7. The van der Waals surface area contributed by atoms with Crippen molar-refractivity contribution in [2.24, 2.45) is 63.2 Å². The van der Waals surface area contributed by atoms with Crippen LogP contribution < -0.4 is 11.5 Å². The van der Waals surface area contributed by atoms with Gasteiger partial charge in [-0.15, -0.1) is 0 Å². The van der Waals surface area contributed by atoms with E-state index in [0.29, 0.717) is 19.3 Å². The summed E-state index contributed by atoms with van der Waals surface area (Å²) in [4.78, 5) is 21.7. The highest BCUT2D eigenvalue weighted by atomic mass is 16.6. The smallest absolute Gasteiger partial charge is 0.404 e. The number of carbonyl (C=O) groups excluding carboxylic acids is 2. The van der Waals surface area contributed by atoms with Crippen LogP contribution in [0.2, 0.25) is 0 Å². The van der Waals surface area contributed by atoms with E-state index in [1.54, 1.807) is 0 Å². The summed E-state index contributed by atoms with van der Waals surface area (Å²) in [5.74, 6) is -1.69. The fourth-order valence-electron chi connectivity index (χ4n) is 7.62. The van der Waals surface area contributed by atoms with E-state index in [1.165, 1.54) is 0 Å². The molecule has 3 aliphatic rings. The van der Waals surface area contributed by atoms with Crippen LogP contribution in [-0.4, -0.2) is 138 Å². The third-order valence-corrected chi connectivity index (χ3v) is 10.9. The normalized spacial score (nSPS) is 39.0. The van der Waals surface area contributed by atoms with Crippen LogP contribution in [0.3, 0.4) is 0 Å². The molecule has 0 aliphatic heterocycles. The van der Waals surface area contributed by atoms with Crippen molar-refractivity contribution in [3.05, 3.63) is 0 Å². The van der Waals surface area contributed by atoms with Crippen LogP contribution in [-0.2, 0) is 9.47 Å². The second kappa shape index (κ2) is 18.9. The van der Waals surface area contributed by atoms with Gasteiger partial charge < -0.3 is 72.0 Å². The van der Waals surface area contributed by atoms with E-state index in [2.05, 4.69) is 0 Å². The van der Waals surface area contributed by atoms with Gasteiger partial charge in [0, 0.05) is 37.6 Å². The maximum absolute atomic E-state index is 10.8. The standard InChI is InChI=1S/2C12H23NO5.C11H22O4/c2*1-12(2,3)7-4-6(5-14)8(15)10(9(7)16)18-11(13)17;1-11(2,3)7-4-6(5-12)8(13)10(15)9(7)14/h2*6-10,14-16H,4-5H2,1-3H3,(H2,13,17);6-10,12-15H,4-5H2,1-3H3/t6-,7?,8+,9+,10-;2*6-,7?,8-,9-,10+/m011/s1. The molecule has 0 saturated heterocycles. The van der Waals surface area contributed by atoms with Crippen LogP contribution >= 0.6 is 0 Å². The molecule has 0 bridgehead atoms. The molecule has 16 nitrogen and oxygen atoms in total. The highest BCUT2D eigenvalue weighted by Crippen LogP contribution is 2.43. The van der Waals surface area contributed by atoms with Gasteiger partial charge in [0.25, 0.3) is 0 Å². The maximum Gasteiger partial charge on any atom is 0.404 e. The summed E-state index contributed by atoms with van der Waals surface area (Å²) in [6.45, 7) is 17.1. The molecule has 14 N–H and O–H groups in total. The minimum atomic E-state index is -1.15. The van der Waals surface area contributed by atoms with E-state index < -0.39 is 79.0 Å². The number of hydrogen-bond donors (Lipinski definition) is 12. The number of carbonyl (C=O) groups is 2. The number of amides is 2. The fraction of sp³-hybridized carbons (Fsp3) is 0.943. The molecule has 0 aromatic heterocycles. The van der Waals surface area contributed by atoms with Crippen LogP contribution in [0.1, 0.15) is 81.6 Å². The summed E-state index contributed by atoms with van der Waals surface area (Å²) in [5.41, 5.74) is 9.28. The highest BCUT2D eigenvalue weighted by molar-refractivity contribution is 5.65. The summed E-state index contributed by atoms with van der Waals surface area (Å²) in [7, 11) is 0. The molecule has 3 rings (SSSR count). The molecule has 0 aromatic carbocycles. The lowest BCUT2D eigenvalue weighted by molar-refractivity contribution is -0.160. The summed E-state index contributed by atoms with van der Waals surface area (Å²) in [5, 5.41) is 97.2. The Morgan fingerprint density at radius 1 is 0.471 bits per heavy atom. The van der Waals surface area contributed by atoms with Crippen LogP contribution in [0, 0.1) is 51.8 Å². The average Bonchev–Trinajstić information content (AvgIpc) is 2.99. The van der Waals surface area contributed by atoms with Gasteiger partial charge in [0.2, 0.25) is 0 Å². The molecule has 0 aromatic rings. The van der Waals surface area contributed by atoms with E-state index in [4.69, 9.17) is 26.0 Å². The second-order valence-electron chi connectivity index (χ2n) is 17.7. The number of ether oxygens (including phenoxy) is 2. The van der Waals surface area contributed by atoms with E-state index in [9.17, 15) is 55.5 Å². The molecule has 2 amide bonds. The third-order valence-electron chi connectivity index (χ3n) is 10.9. The number of rotatable bonds is 5. The van der Waals surface area contributed by atoms with Gasteiger partial charge in [-0.05, 0) is 53.3 Å². The van der Waals surface area contributed by atoms with Gasteiger partial charge in [-0.25, -0.2) is 9.59 Å². The Hall–Kier alpha value is -1.86. The Labute approximate surface area is 301 Å². The number of aliphatic hydroxyl groups excluding tert-OH is 10. The quantitative estimate of drug-likeness (QED) is 0.168. The van der Waals surface area contributed by atoms with Crippen molar-refractivity contribution in [3.63, 3.8) is 0 Å². The van der Waals surface area contributed by atoms with Crippen molar-refractivity contribution in [1.82, 2.24) is 0 Å². The van der Waals surface area contributed by atoms with Gasteiger partial charge in [0.05, 0.1) is 36.6 Å². The predicted molar refractivity (Wildman–Crippen MR) is 185 cm³/mol. The van der Waals surface area contributed by atoms with Crippen molar-refractivity contribution >= 4 is 12.2 Å². The monoisotopic (exact) mass is 740 g/mol. The van der Waals surface area contributed by atoms with Crippen molar-refractivity contribution in [2.75, 3.05) is 19.8 Å². The van der Waals surface area contributed by atoms with E-state index >= 15 is 0 Å². The van der Waals surface area contributed by atoms with E-state index in [1.807, 2.05) is 62.3 Å². The molecule has 51 heavy (non-hydrogen) atoms. The summed E-state index contributed by atoms with van der Waals surface area (Å²) >= 11 is 0. The Bertz CT molecular complexity index is 1010. The van der Waals surface area contributed by atoms with Crippen LogP contribution in [0.5, 0.6) is 0 Å². The molecule has 3 saturated carbocycles. The van der Waals surface area contributed by atoms with Gasteiger partial charge >= 0.3 is 12.2 Å². The first-order chi connectivity index (χ1) is 23.1. The lowest BCUT2D eigenvalue weighted by Crippen LogP contribution is -2.57. The summed E-state index contributed by atoms with van der Waals surface area (Å²) in [6.07, 6.45) is -10.0. The Morgan fingerprint density at radius 2 is 0.725 bits per heavy atom. The van der Waals surface area contributed by atoms with Crippen molar-refractivity contribution in [2.45, 2.75) is 137 Å². The zero-order valence-corrected chi connectivity index (χ0v) is 31.7. The minimum absolute atomic E-state index is 0.104. The zero-order chi connectivity index (χ0) is 40.0. The first kappa shape index (κ1) is 47.2. The molecule has 3 unspecified atom stereocenters. The minimum Gasteiger partial charge on any atom is -0.441 e. The molecular weight excluding hydrogens is 672 g/mol. The Balaban J connectivity index is 0.000000384. The molecule has 16 heteroatoms. The predicted octanol–water partition coefficient (Wildman–Crippen LogP) is -0.563. The van der Waals surface area contributed by atoms with E-state index in [0.717, 1.165) is 0 Å². The first-order valence-corrected chi connectivity index (χ1v) is 17.7. The number of primary amides is 2. The van der Waals surface area contributed by atoms with Gasteiger partial charge in [0.15, 0.2) is 12.2 Å². The number of aliphatic hydroxyl groups is 10. The van der Waals surface area contributed by atoms with Gasteiger partial charge in [-0.3, -0.25) is 0 Å². The molecule has 0 heterocycles. The maximum atomic E-state index is 10.8. The van der Waals surface area contributed by atoms with Gasteiger partial charge in [-0.1, -0.05) is 62.3 Å². The van der Waals surface area contributed by atoms with Gasteiger partial charge in [0.1, 0.15) is 6.10 Å². The lowest BCUT2D eigenvalue weighted by Gasteiger charge is -2.46. The third kappa shape index (κ3) is 12.6. The van der Waals surface area contributed by atoms with Crippen LogP contribution in [0.15, 0.2) is 0 Å². The molecule has 3 fully saturated rings. The van der Waals surface area contributed by atoms with Crippen LogP contribution in [0.25, 0.3) is 0 Å². The molecule has 15 atom stereocenters. The lowest BCUT2D eigenvalue weighted by atomic mass is 9.65. The molecule has 0 spiro atoms. The largest absolute Gasteiger partial charge is 0.441 e. The topological polar surface area (TPSA) is 307 Å². The van der Waals surface area contributed by atoms with Crippen molar-refractivity contribution < 1.29 is 70.1 Å². The molecule has 302 valence electrons. The van der Waals surface area contributed by atoms with Crippen molar-refractivity contribution in [1.29, 1.82) is 0 Å². The highest BCUT2D eigenvalue weighted by Gasteiger charge is 2.50. The molecule has 0 radical (unpaired) electrons. The Kier molecular flexibility index (Phi) is 17.5. The fourth-order valence-corrected chi connectivity index (χ4v) is 7.62. The molecule has 3 aliphatic carbocycles. The number of hydrogen-bond acceptors (Lipinski definition) is 14. The SMILES string of the molecule is CC(C)(C)C1C[C@@H](CO)[C@@H](O)[C@H](OC(N)=O)[C@@H]1O.CC(C)(C)C1C[C@H](CO)[C@@H](O)[C@H](O)[C@@H]1O.CC(C)(C)C1C[C@H](CO)[C@@H](O)[C@H](OC(N)=O)[C@@H]1O. The van der Waals surface area contributed by atoms with E-state index in [-0.39, 0.29) is 59.7 Å². The summed E-state index contributed by atoms with van der Waals surface area (Å²) in [6, 6.07) is 0. The number of nitrogens with two attached hydrogens (primary N) is 2. The van der Waals surface area contributed by atoms with Gasteiger partial charge in [-0.2, -0.15) is 0 Å². The first-order valence-electron chi connectivity index (χ1n) is 17.7. The second-order valence-corrected chi connectivity index (χ2v) is 17.7. The molecular formula is C35H68N2O14. The summed E-state index contributed by atoms with van der Waals surface area (Å²) < 4.78 is 9.60. The Morgan fingerprint density at radius 3 is 0.961 bits per heavy atom.